The fourth-order valence-corrected chi connectivity index (χ4v) is 3.15. The van der Waals surface area contributed by atoms with Gasteiger partial charge in [0.25, 0.3) is 5.91 Å². The number of carbonyl (C=O) groups excluding carboxylic acids is 2. The number of thioether (sulfide) groups is 1. The van der Waals surface area contributed by atoms with Crippen molar-refractivity contribution >= 4 is 29.3 Å². The topological polar surface area (TPSA) is 76.6 Å². The van der Waals surface area contributed by atoms with Crippen molar-refractivity contribution in [3.05, 3.63) is 24.3 Å². The van der Waals surface area contributed by atoms with Crippen molar-refractivity contribution in [2.24, 2.45) is 11.7 Å². The van der Waals surface area contributed by atoms with Crippen molar-refractivity contribution in [2.75, 3.05) is 31.2 Å². The van der Waals surface area contributed by atoms with E-state index in [-0.39, 0.29) is 17.7 Å². The Labute approximate surface area is 129 Å². The summed E-state index contributed by atoms with van der Waals surface area (Å²) in [6.07, 6.45) is 3.79. The Balaban J connectivity index is 1.87. The Hall–Kier alpha value is -1.53. The standard InChI is InChI=1S/C15H21N3O2S/c1-21-13-6-2-5-12(8-13)17-14(19)10-18-7-3-4-11(9-18)15(16)20/h2,5-6,8,11H,3-4,7,9-10H2,1H3,(H2,16,20)(H,17,19)/p+1/t11-/m0/s1. The second kappa shape index (κ2) is 7.47. The van der Waals surface area contributed by atoms with Crippen LogP contribution in [-0.2, 0) is 9.59 Å². The molecule has 5 nitrogen and oxygen atoms in total. The zero-order valence-electron chi connectivity index (χ0n) is 12.2. The molecule has 4 N–H and O–H groups in total. The number of rotatable bonds is 5. The summed E-state index contributed by atoms with van der Waals surface area (Å²) in [6, 6.07) is 7.78. The highest BCUT2D eigenvalue weighted by Gasteiger charge is 2.28. The predicted molar refractivity (Wildman–Crippen MR) is 84.3 cm³/mol. The number of benzene rings is 1. The average molecular weight is 308 g/mol. The van der Waals surface area contributed by atoms with Crippen LogP contribution >= 0.6 is 11.8 Å². The molecule has 1 aromatic rings. The monoisotopic (exact) mass is 308 g/mol. The van der Waals surface area contributed by atoms with Gasteiger partial charge in [0.05, 0.1) is 19.0 Å². The maximum Gasteiger partial charge on any atom is 0.279 e. The van der Waals surface area contributed by atoms with E-state index in [1.54, 1.807) is 11.8 Å². The van der Waals surface area contributed by atoms with E-state index in [1.165, 1.54) is 0 Å². The van der Waals surface area contributed by atoms with Crippen LogP contribution in [0.5, 0.6) is 0 Å². The SMILES string of the molecule is CSc1cccc(NC(=O)C[NH+]2CCC[C@H](C(N)=O)C2)c1. The van der Waals surface area contributed by atoms with Gasteiger partial charge in [-0.3, -0.25) is 9.59 Å². The summed E-state index contributed by atoms with van der Waals surface area (Å²) in [5.41, 5.74) is 6.18. The van der Waals surface area contributed by atoms with E-state index in [2.05, 4.69) is 5.32 Å². The lowest BCUT2D eigenvalue weighted by Gasteiger charge is -2.27. The van der Waals surface area contributed by atoms with Gasteiger partial charge in [-0.15, -0.1) is 11.8 Å². The molecule has 1 unspecified atom stereocenters. The minimum atomic E-state index is -0.250. The molecule has 1 fully saturated rings. The minimum Gasteiger partial charge on any atom is -0.369 e. The van der Waals surface area contributed by atoms with Gasteiger partial charge in [0.1, 0.15) is 0 Å². The lowest BCUT2D eigenvalue weighted by Crippen LogP contribution is -3.14. The van der Waals surface area contributed by atoms with Crippen molar-refractivity contribution in [3.8, 4) is 0 Å². The Morgan fingerprint density at radius 2 is 2.29 bits per heavy atom. The fourth-order valence-electron chi connectivity index (χ4n) is 2.69. The molecule has 114 valence electrons. The van der Waals surface area contributed by atoms with Gasteiger partial charge >= 0.3 is 0 Å². The molecule has 0 aliphatic carbocycles. The lowest BCUT2D eigenvalue weighted by atomic mass is 9.97. The number of anilines is 1. The lowest BCUT2D eigenvalue weighted by molar-refractivity contribution is -0.899. The number of quaternary nitrogens is 1. The van der Waals surface area contributed by atoms with Crippen molar-refractivity contribution in [1.82, 2.24) is 0 Å². The van der Waals surface area contributed by atoms with Gasteiger partial charge < -0.3 is 16.0 Å². The van der Waals surface area contributed by atoms with Crippen LogP contribution in [0.2, 0.25) is 0 Å². The van der Waals surface area contributed by atoms with Crippen LogP contribution in [0.15, 0.2) is 29.2 Å². The second-order valence-corrected chi connectivity index (χ2v) is 6.28. The van der Waals surface area contributed by atoms with Crippen LogP contribution in [-0.4, -0.2) is 37.7 Å². The number of hydrogen-bond donors (Lipinski definition) is 3. The Kier molecular flexibility index (Phi) is 5.64. The van der Waals surface area contributed by atoms with Crippen LogP contribution in [0.4, 0.5) is 5.69 Å². The number of primary amides is 1. The van der Waals surface area contributed by atoms with Gasteiger partial charge in [0.2, 0.25) is 5.91 Å². The smallest absolute Gasteiger partial charge is 0.279 e. The first-order valence-electron chi connectivity index (χ1n) is 7.15. The molecule has 2 rings (SSSR count). The highest BCUT2D eigenvalue weighted by molar-refractivity contribution is 7.98. The molecule has 0 saturated carbocycles. The van der Waals surface area contributed by atoms with Crippen LogP contribution in [0.25, 0.3) is 0 Å². The van der Waals surface area contributed by atoms with Crippen LogP contribution in [0.1, 0.15) is 12.8 Å². The van der Waals surface area contributed by atoms with E-state index in [1.807, 2.05) is 30.5 Å². The highest BCUT2D eigenvalue weighted by atomic mass is 32.2. The number of carbonyl (C=O) groups is 2. The van der Waals surface area contributed by atoms with Crippen molar-refractivity contribution in [2.45, 2.75) is 17.7 Å². The van der Waals surface area contributed by atoms with Crippen LogP contribution in [0, 0.1) is 5.92 Å². The van der Waals surface area contributed by atoms with Crippen LogP contribution < -0.4 is 16.0 Å². The largest absolute Gasteiger partial charge is 0.369 e. The molecule has 0 aromatic heterocycles. The number of amides is 2. The molecule has 1 saturated heterocycles. The zero-order valence-corrected chi connectivity index (χ0v) is 13.0. The molecule has 1 aliphatic heterocycles. The van der Waals surface area contributed by atoms with Gasteiger partial charge in [-0.2, -0.15) is 0 Å². The summed E-state index contributed by atoms with van der Waals surface area (Å²) in [7, 11) is 0. The van der Waals surface area contributed by atoms with Gasteiger partial charge in [0, 0.05) is 10.6 Å². The fraction of sp³-hybridized carbons (Fsp3) is 0.467. The molecule has 0 spiro atoms. The number of piperidine rings is 1. The van der Waals surface area contributed by atoms with E-state index >= 15 is 0 Å². The molecule has 6 heteroatoms. The third-order valence-electron chi connectivity index (χ3n) is 3.78. The van der Waals surface area contributed by atoms with Crippen molar-refractivity contribution in [1.29, 1.82) is 0 Å². The maximum absolute atomic E-state index is 12.1. The first kappa shape index (κ1) is 15.9. The Morgan fingerprint density at radius 1 is 1.48 bits per heavy atom. The van der Waals surface area contributed by atoms with Gasteiger partial charge in [-0.05, 0) is 37.3 Å². The molecular weight excluding hydrogens is 286 g/mol. The summed E-state index contributed by atoms with van der Waals surface area (Å²) >= 11 is 1.64. The predicted octanol–water partition coefficient (Wildman–Crippen LogP) is 0.127. The Morgan fingerprint density at radius 3 is 3.00 bits per heavy atom. The molecule has 2 atom stereocenters. The number of hydrogen-bond acceptors (Lipinski definition) is 3. The van der Waals surface area contributed by atoms with E-state index in [4.69, 9.17) is 5.73 Å². The van der Waals surface area contributed by atoms with Gasteiger partial charge in [-0.25, -0.2) is 0 Å². The molecule has 0 radical (unpaired) electrons. The van der Waals surface area contributed by atoms with Crippen molar-refractivity contribution < 1.29 is 14.5 Å². The number of nitrogens with two attached hydrogens (primary N) is 1. The summed E-state index contributed by atoms with van der Waals surface area (Å²) < 4.78 is 0. The molecule has 1 heterocycles. The molecule has 2 amide bonds. The van der Waals surface area contributed by atoms with E-state index in [0.29, 0.717) is 13.1 Å². The third-order valence-corrected chi connectivity index (χ3v) is 4.51. The summed E-state index contributed by atoms with van der Waals surface area (Å²) in [5, 5.41) is 2.92. The third kappa shape index (κ3) is 4.75. The first-order chi connectivity index (χ1) is 10.1. The van der Waals surface area contributed by atoms with E-state index < -0.39 is 0 Å². The molecule has 21 heavy (non-hydrogen) atoms. The zero-order chi connectivity index (χ0) is 15.2. The van der Waals surface area contributed by atoms with E-state index in [9.17, 15) is 9.59 Å². The maximum atomic E-state index is 12.1. The minimum absolute atomic E-state index is 0.0200. The number of likely N-dealkylation sites (tertiary alicyclic amines) is 1. The summed E-state index contributed by atoms with van der Waals surface area (Å²) in [6.45, 7) is 1.96. The Bertz CT molecular complexity index is 521. The molecule has 1 aliphatic rings. The highest BCUT2D eigenvalue weighted by Crippen LogP contribution is 2.18. The molecular formula is C15H22N3O2S+. The average Bonchev–Trinajstić information content (AvgIpc) is 2.47. The van der Waals surface area contributed by atoms with Crippen molar-refractivity contribution in [3.63, 3.8) is 0 Å². The second-order valence-electron chi connectivity index (χ2n) is 5.40. The van der Waals surface area contributed by atoms with Gasteiger partial charge in [-0.1, -0.05) is 6.07 Å². The number of nitrogens with one attached hydrogen (secondary N) is 2. The summed E-state index contributed by atoms with van der Waals surface area (Å²) in [4.78, 5) is 25.6. The summed E-state index contributed by atoms with van der Waals surface area (Å²) in [5.74, 6) is -0.366. The van der Waals surface area contributed by atoms with E-state index in [0.717, 1.165) is 34.9 Å². The van der Waals surface area contributed by atoms with Gasteiger partial charge in [0.15, 0.2) is 6.54 Å². The molecule has 0 bridgehead atoms. The van der Waals surface area contributed by atoms with Crippen LogP contribution in [0.3, 0.4) is 0 Å². The quantitative estimate of drug-likeness (QED) is 0.677. The first-order valence-corrected chi connectivity index (χ1v) is 8.37. The molecule has 1 aromatic carbocycles. The normalized spacial score (nSPS) is 21.8.